The maximum absolute atomic E-state index is 12.1. The van der Waals surface area contributed by atoms with E-state index in [9.17, 15) is 4.79 Å². The molecule has 0 amide bonds. The Bertz CT molecular complexity index is 669. The summed E-state index contributed by atoms with van der Waals surface area (Å²) in [7, 11) is 1.92. The Balaban J connectivity index is 2.21. The Labute approximate surface area is 125 Å². The molecule has 5 heteroatoms. The van der Waals surface area contributed by atoms with Crippen LogP contribution < -0.4 is 5.43 Å². The maximum Gasteiger partial charge on any atom is 0.187 e. The lowest BCUT2D eigenvalue weighted by atomic mass is 10.1. The third kappa shape index (κ3) is 3.61. The first-order valence-electron chi connectivity index (χ1n) is 7.27. The molecule has 0 unspecified atom stereocenters. The fraction of sp³-hybridized carbons (Fsp3) is 0.500. The van der Waals surface area contributed by atoms with Gasteiger partial charge in [0, 0.05) is 61.0 Å². The predicted octanol–water partition coefficient (Wildman–Crippen LogP) is 2.14. The molecule has 1 N–H and O–H groups in total. The Morgan fingerprint density at radius 1 is 1.33 bits per heavy atom. The van der Waals surface area contributed by atoms with E-state index in [1.165, 1.54) is 5.56 Å². The number of rotatable bonds is 5. The molecule has 2 aromatic rings. The van der Waals surface area contributed by atoms with Crippen LogP contribution >= 0.6 is 0 Å². The first kappa shape index (κ1) is 15.5. The SMILES string of the molecule is Cc1c[nH]c(CN(Cc2cnn(C)c2)C(C)C)c(C)c1=O. The standard InChI is InChI=1S/C16H24N4O/c1-11(2)20(9-14-7-18-19(5)8-14)10-15-13(4)16(21)12(3)6-17-15/h6-8,11H,9-10H2,1-5H3,(H,17,21). The van der Waals surface area contributed by atoms with Crippen LogP contribution in [0.2, 0.25) is 0 Å². The minimum atomic E-state index is 0.133. The summed E-state index contributed by atoms with van der Waals surface area (Å²) in [6, 6.07) is 0.384. The number of nitrogens with zero attached hydrogens (tertiary/aromatic N) is 3. The number of hydrogen-bond donors (Lipinski definition) is 1. The average Bonchev–Trinajstić information content (AvgIpc) is 2.83. The van der Waals surface area contributed by atoms with E-state index in [0.29, 0.717) is 6.04 Å². The van der Waals surface area contributed by atoms with E-state index in [1.54, 1.807) is 6.20 Å². The molecule has 21 heavy (non-hydrogen) atoms. The van der Waals surface area contributed by atoms with Crippen molar-refractivity contribution in [3.8, 4) is 0 Å². The summed E-state index contributed by atoms with van der Waals surface area (Å²) in [5, 5.41) is 4.21. The number of pyridine rings is 1. The van der Waals surface area contributed by atoms with Crippen LogP contribution in [-0.4, -0.2) is 25.7 Å². The molecule has 0 aliphatic heterocycles. The molecule has 114 valence electrons. The Morgan fingerprint density at radius 3 is 2.62 bits per heavy atom. The van der Waals surface area contributed by atoms with Crippen molar-refractivity contribution in [3.05, 3.63) is 51.2 Å². The van der Waals surface area contributed by atoms with Gasteiger partial charge in [0.25, 0.3) is 0 Å². The smallest absolute Gasteiger partial charge is 0.187 e. The van der Waals surface area contributed by atoms with Gasteiger partial charge >= 0.3 is 0 Å². The second-order valence-corrected chi connectivity index (χ2v) is 5.93. The largest absolute Gasteiger partial charge is 0.363 e. The van der Waals surface area contributed by atoms with E-state index < -0.39 is 0 Å². The lowest BCUT2D eigenvalue weighted by Crippen LogP contribution is -2.31. The van der Waals surface area contributed by atoms with Crippen molar-refractivity contribution in [2.75, 3.05) is 0 Å². The van der Waals surface area contributed by atoms with Gasteiger partial charge < -0.3 is 4.98 Å². The number of nitrogens with one attached hydrogen (secondary N) is 1. The van der Waals surface area contributed by atoms with Gasteiger partial charge in [-0.05, 0) is 27.7 Å². The van der Waals surface area contributed by atoms with Crippen LogP contribution in [0, 0.1) is 13.8 Å². The van der Waals surface area contributed by atoms with E-state index in [0.717, 1.165) is 29.9 Å². The molecule has 0 aliphatic rings. The topological polar surface area (TPSA) is 53.9 Å². The molecule has 0 atom stereocenters. The molecule has 0 aliphatic carbocycles. The van der Waals surface area contributed by atoms with Gasteiger partial charge in [-0.2, -0.15) is 5.10 Å². The molecular formula is C16H24N4O. The van der Waals surface area contributed by atoms with Crippen molar-refractivity contribution in [2.24, 2.45) is 7.05 Å². The Kier molecular flexibility index (Phi) is 4.63. The van der Waals surface area contributed by atoms with Gasteiger partial charge in [0.2, 0.25) is 0 Å². The summed E-state index contributed by atoms with van der Waals surface area (Å²) in [5.74, 6) is 0. The van der Waals surface area contributed by atoms with E-state index in [1.807, 2.05) is 38.0 Å². The van der Waals surface area contributed by atoms with Crippen LogP contribution in [0.5, 0.6) is 0 Å². The zero-order chi connectivity index (χ0) is 15.6. The monoisotopic (exact) mass is 288 g/mol. The molecule has 2 aromatic heterocycles. The van der Waals surface area contributed by atoms with E-state index in [4.69, 9.17) is 0 Å². The van der Waals surface area contributed by atoms with Crippen LogP contribution in [0.3, 0.4) is 0 Å². The lowest BCUT2D eigenvalue weighted by molar-refractivity contribution is 0.200. The lowest BCUT2D eigenvalue weighted by Gasteiger charge is -2.26. The highest BCUT2D eigenvalue weighted by atomic mass is 16.1. The number of aromatic nitrogens is 3. The fourth-order valence-corrected chi connectivity index (χ4v) is 2.38. The third-order valence-electron chi connectivity index (χ3n) is 3.85. The van der Waals surface area contributed by atoms with Gasteiger partial charge in [0.15, 0.2) is 5.43 Å². The van der Waals surface area contributed by atoms with Gasteiger partial charge in [0.1, 0.15) is 0 Å². The molecule has 0 saturated carbocycles. The number of aromatic amines is 1. The molecule has 0 fully saturated rings. The molecule has 0 spiro atoms. The van der Waals surface area contributed by atoms with Gasteiger partial charge in [-0.15, -0.1) is 0 Å². The fourth-order valence-electron chi connectivity index (χ4n) is 2.38. The van der Waals surface area contributed by atoms with Crippen LogP contribution in [0.4, 0.5) is 0 Å². The predicted molar refractivity (Wildman–Crippen MR) is 84.1 cm³/mol. The first-order chi connectivity index (χ1) is 9.88. The molecular weight excluding hydrogens is 264 g/mol. The molecule has 2 rings (SSSR count). The molecule has 5 nitrogen and oxygen atoms in total. The van der Waals surface area contributed by atoms with Crippen molar-refractivity contribution in [1.82, 2.24) is 19.7 Å². The molecule has 2 heterocycles. The quantitative estimate of drug-likeness (QED) is 0.917. The Morgan fingerprint density at radius 2 is 2.05 bits per heavy atom. The van der Waals surface area contributed by atoms with Crippen molar-refractivity contribution >= 4 is 0 Å². The van der Waals surface area contributed by atoms with Crippen molar-refractivity contribution in [2.45, 2.75) is 46.8 Å². The maximum atomic E-state index is 12.1. The van der Waals surface area contributed by atoms with Crippen molar-refractivity contribution < 1.29 is 0 Å². The van der Waals surface area contributed by atoms with Gasteiger partial charge in [0.05, 0.1) is 6.20 Å². The minimum Gasteiger partial charge on any atom is -0.363 e. The molecule has 0 aromatic carbocycles. The Hall–Kier alpha value is -1.88. The highest BCUT2D eigenvalue weighted by Gasteiger charge is 2.14. The van der Waals surface area contributed by atoms with E-state index in [2.05, 4.69) is 28.8 Å². The second-order valence-electron chi connectivity index (χ2n) is 5.93. The molecule has 0 saturated heterocycles. The number of hydrogen-bond acceptors (Lipinski definition) is 3. The van der Waals surface area contributed by atoms with Gasteiger partial charge in [-0.25, -0.2) is 0 Å². The zero-order valence-electron chi connectivity index (χ0n) is 13.5. The van der Waals surface area contributed by atoms with Crippen molar-refractivity contribution in [3.63, 3.8) is 0 Å². The molecule has 0 bridgehead atoms. The second kappa shape index (κ2) is 6.26. The van der Waals surface area contributed by atoms with Crippen molar-refractivity contribution in [1.29, 1.82) is 0 Å². The van der Waals surface area contributed by atoms with Crippen LogP contribution in [0.1, 0.15) is 36.2 Å². The zero-order valence-corrected chi connectivity index (χ0v) is 13.5. The highest BCUT2D eigenvalue weighted by molar-refractivity contribution is 5.23. The summed E-state index contributed by atoms with van der Waals surface area (Å²) in [5.41, 5.74) is 3.88. The highest BCUT2D eigenvalue weighted by Crippen LogP contribution is 2.13. The molecule has 0 radical (unpaired) electrons. The summed E-state index contributed by atoms with van der Waals surface area (Å²) in [6.45, 7) is 9.61. The summed E-state index contributed by atoms with van der Waals surface area (Å²) >= 11 is 0. The van der Waals surface area contributed by atoms with Crippen LogP contribution in [0.25, 0.3) is 0 Å². The summed E-state index contributed by atoms with van der Waals surface area (Å²) in [6.07, 6.45) is 5.72. The third-order valence-corrected chi connectivity index (χ3v) is 3.85. The minimum absolute atomic E-state index is 0.133. The van der Waals surface area contributed by atoms with Gasteiger partial charge in [-0.3, -0.25) is 14.4 Å². The average molecular weight is 288 g/mol. The van der Waals surface area contributed by atoms with Crippen LogP contribution in [0.15, 0.2) is 23.4 Å². The number of H-pyrrole nitrogens is 1. The van der Waals surface area contributed by atoms with E-state index in [-0.39, 0.29) is 5.43 Å². The summed E-state index contributed by atoms with van der Waals surface area (Å²) in [4.78, 5) is 17.6. The van der Waals surface area contributed by atoms with Crippen LogP contribution in [-0.2, 0) is 20.1 Å². The normalized spacial score (nSPS) is 11.6. The van der Waals surface area contributed by atoms with E-state index >= 15 is 0 Å². The first-order valence-corrected chi connectivity index (χ1v) is 7.27. The summed E-state index contributed by atoms with van der Waals surface area (Å²) < 4.78 is 1.81. The van der Waals surface area contributed by atoms with Gasteiger partial charge in [-0.1, -0.05) is 0 Å². The number of aryl methyl sites for hydroxylation is 2.